The second-order valence-electron chi connectivity index (χ2n) is 8.87. The second-order valence-corrected chi connectivity index (χ2v) is 8.87. The summed E-state index contributed by atoms with van der Waals surface area (Å²) in [6.45, 7) is 4.63. The van der Waals surface area contributed by atoms with Crippen molar-refractivity contribution in [2.24, 2.45) is 5.92 Å². The fourth-order valence-electron chi connectivity index (χ4n) is 4.40. The lowest BCUT2D eigenvalue weighted by atomic mass is 9.78. The van der Waals surface area contributed by atoms with Crippen molar-refractivity contribution in [3.05, 3.63) is 35.4 Å². The van der Waals surface area contributed by atoms with Crippen LogP contribution in [0.5, 0.6) is 0 Å². The average Bonchev–Trinajstić information content (AvgIpc) is 3.30. The lowest BCUT2D eigenvalue weighted by Crippen LogP contribution is -2.39. The third-order valence-electron chi connectivity index (χ3n) is 6.45. The van der Waals surface area contributed by atoms with Crippen LogP contribution in [0, 0.1) is 17.2 Å². The van der Waals surface area contributed by atoms with E-state index in [-0.39, 0.29) is 5.92 Å². The molecule has 7 nitrogen and oxygen atoms in total. The number of rotatable bonds is 10. The molecule has 0 bridgehead atoms. The lowest BCUT2D eigenvalue weighted by molar-refractivity contribution is -0.163. The highest BCUT2D eigenvalue weighted by atomic mass is 16.8. The molecule has 0 amide bonds. The number of hydrogen-bond acceptors (Lipinski definition) is 7. The number of unbranched alkanes of at least 4 members (excludes halogenated alkanes) is 2. The molecule has 0 radical (unpaired) electrons. The number of hydrogen-bond donors (Lipinski definition) is 0. The molecule has 0 unspecified atom stereocenters. The van der Waals surface area contributed by atoms with Gasteiger partial charge in [-0.25, -0.2) is 9.59 Å². The van der Waals surface area contributed by atoms with E-state index in [1.165, 1.54) is 5.56 Å². The Morgan fingerprint density at radius 1 is 0.909 bits per heavy atom. The molecule has 2 fully saturated rings. The highest BCUT2D eigenvalue weighted by molar-refractivity contribution is 5.86. The molecule has 1 saturated heterocycles. The van der Waals surface area contributed by atoms with Crippen molar-refractivity contribution in [1.82, 2.24) is 0 Å². The summed E-state index contributed by atoms with van der Waals surface area (Å²) in [7, 11) is 0. The molecule has 1 aromatic carbocycles. The van der Waals surface area contributed by atoms with Crippen LogP contribution >= 0.6 is 0 Å². The summed E-state index contributed by atoms with van der Waals surface area (Å²) in [6.07, 6.45) is 4.17. The minimum atomic E-state index is -1.09. The molecule has 2 aliphatic rings. The Bertz CT molecular complexity index is 779. The zero-order valence-electron chi connectivity index (χ0n) is 19.7. The molecule has 2 atom stereocenters. The minimum absolute atomic E-state index is 0.0963. The summed E-state index contributed by atoms with van der Waals surface area (Å²) in [5, 5.41) is 8.99. The Balaban J connectivity index is 1.59. The molecule has 0 aromatic heterocycles. The van der Waals surface area contributed by atoms with Gasteiger partial charge in [-0.3, -0.25) is 0 Å². The molecular weight excluding hydrogens is 422 g/mol. The van der Waals surface area contributed by atoms with Crippen LogP contribution in [0.15, 0.2) is 24.3 Å². The van der Waals surface area contributed by atoms with E-state index in [0.717, 1.165) is 51.4 Å². The summed E-state index contributed by atoms with van der Waals surface area (Å²) >= 11 is 0. The molecule has 1 saturated carbocycles. The average molecular weight is 458 g/mol. The third-order valence-corrected chi connectivity index (χ3v) is 6.45. The lowest BCUT2D eigenvalue weighted by Gasteiger charge is -2.31. The number of nitriles is 1. The molecule has 1 aliphatic heterocycles. The van der Waals surface area contributed by atoms with Crippen LogP contribution < -0.4 is 0 Å². The molecule has 3 rings (SSSR count). The van der Waals surface area contributed by atoms with Gasteiger partial charge >= 0.3 is 11.9 Å². The maximum atomic E-state index is 12.6. The van der Waals surface area contributed by atoms with Gasteiger partial charge in [0, 0.05) is 5.92 Å². The molecule has 7 heteroatoms. The van der Waals surface area contributed by atoms with Gasteiger partial charge in [0.05, 0.1) is 24.8 Å². The topological polar surface area (TPSA) is 94.9 Å². The van der Waals surface area contributed by atoms with Crippen LogP contribution in [0.2, 0.25) is 0 Å². The number of ether oxygens (including phenoxy) is 4. The number of carbonyl (C=O) groups is 2. The highest BCUT2D eigenvalue weighted by Gasteiger charge is 2.49. The van der Waals surface area contributed by atoms with Crippen LogP contribution in [0.3, 0.4) is 0 Å². The quantitative estimate of drug-likeness (QED) is 0.373. The summed E-state index contributed by atoms with van der Waals surface area (Å²) in [6, 6.07) is 9.91. The molecule has 1 aliphatic carbocycles. The molecule has 0 spiro atoms. The van der Waals surface area contributed by atoms with Gasteiger partial charge in [0.15, 0.2) is 18.5 Å². The zero-order chi connectivity index (χ0) is 23.6. The molecule has 1 heterocycles. The van der Waals surface area contributed by atoms with E-state index in [9.17, 15) is 9.59 Å². The zero-order valence-corrected chi connectivity index (χ0v) is 19.7. The van der Waals surface area contributed by atoms with Crippen molar-refractivity contribution < 1.29 is 28.5 Å². The van der Waals surface area contributed by atoms with Crippen molar-refractivity contribution >= 4 is 11.9 Å². The SMILES string of the molecule is CCCCOC(=O)[C@@H]1OC(C2CCC(c3ccc(C#N)cc3)CC2)O[C@H]1C(=O)OCCCC. The monoisotopic (exact) mass is 457 g/mol. The number of nitrogens with zero attached hydrogens (tertiary/aromatic N) is 1. The van der Waals surface area contributed by atoms with E-state index in [1.54, 1.807) is 0 Å². The third kappa shape index (κ3) is 6.78. The summed E-state index contributed by atoms with van der Waals surface area (Å²) in [5.41, 5.74) is 1.89. The van der Waals surface area contributed by atoms with E-state index in [1.807, 2.05) is 38.1 Å². The Kier molecular flexibility index (Phi) is 9.71. The van der Waals surface area contributed by atoms with Crippen LogP contribution in [0.4, 0.5) is 0 Å². The van der Waals surface area contributed by atoms with Crippen molar-refractivity contribution in [3.63, 3.8) is 0 Å². The maximum absolute atomic E-state index is 12.6. The van der Waals surface area contributed by atoms with Crippen LogP contribution in [-0.2, 0) is 28.5 Å². The first kappa shape index (κ1) is 25.2. The largest absolute Gasteiger partial charge is 0.464 e. The maximum Gasteiger partial charge on any atom is 0.338 e. The van der Waals surface area contributed by atoms with Gasteiger partial charge in [-0.15, -0.1) is 0 Å². The van der Waals surface area contributed by atoms with Crippen molar-refractivity contribution in [1.29, 1.82) is 5.26 Å². The normalized spacial score (nSPS) is 25.4. The van der Waals surface area contributed by atoms with Gasteiger partial charge in [-0.2, -0.15) is 5.26 Å². The van der Waals surface area contributed by atoms with Gasteiger partial charge in [0.25, 0.3) is 0 Å². The molecule has 0 N–H and O–H groups in total. The van der Waals surface area contributed by atoms with Crippen molar-refractivity contribution in [2.75, 3.05) is 13.2 Å². The Morgan fingerprint density at radius 3 is 1.88 bits per heavy atom. The van der Waals surface area contributed by atoms with Gasteiger partial charge in [-0.05, 0) is 62.1 Å². The second kappa shape index (κ2) is 12.7. The molecule has 180 valence electrons. The van der Waals surface area contributed by atoms with Gasteiger partial charge in [-0.1, -0.05) is 38.8 Å². The molecular formula is C26H35NO6. The van der Waals surface area contributed by atoms with Crippen molar-refractivity contribution in [2.45, 2.75) is 89.6 Å². The predicted molar refractivity (Wildman–Crippen MR) is 121 cm³/mol. The fraction of sp³-hybridized carbons (Fsp3) is 0.654. The Hall–Kier alpha value is -2.43. The standard InChI is InChI=1S/C26H35NO6/c1-3-5-15-30-24(28)22-23(25(29)31-16-6-4-2)33-26(32-22)21-13-11-20(12-14-21)19-9-7-18(17-27)8-10-19/h7-10,20-23,26H,3-6,11-16H2,1-2H3/t20?,21?,22-,23-/m1/s1. The summed E-state index contributed by atoms with van der Waals surface area (Å²) in [4.78, 5) is 25.2. The highest BCUT2D eigenvalue weighted by Crippen LogP contribution is 2.40. The van der Waals surface area contributed by atoms with Crippen LogP contribution in [0.1, 0.15) is 82.3 Å². The summed E-state index contributed by atoms with van der Waals surface area (Å²) < 4.78 is 22.6. The predicted octanol–water partition coefficient (Wildman–Crippen LogP) is 4.63. The van der Waals surface area contributed by atoms with E-state index in [2.05, 4.69) is 6.07 Å². The first-order valence-corrected chi connectivity index (χ1v) is 12.2. The Morgan fingerprint density at radius 2 is 1.42 bits per heavy atom. The van der Waals surface area contributed by atoms with Gasteiger partial charge < -0.3 is 18.9 Å². The molecule has 33 heavy (non-hydrogen) atoms. The van der Waals surface area contributed by atoms with E-state index < -0.39 is 30.4 Å². The number of carbonyl (C=O) groups excluding carboxylic acids is 2. The number of esters is 2. The molecule has 1 aromatic rings. The van der Waals surface area contributed by atoms with Crippen LogP contribution in [0.25, 0.3) is 0 Å². The summed E-state index contributed by atoms with van der Waals surface area (Å²) in [5.74, 6) is -0.608. The first-order chi connectivity index (χ1) is 16.1. The Labute approximate surface area is 196 Å². The fourth-order valence-corrected chi connectivity index (χ4v) is 4.40. The van der Waals surface area contributed by atoms with E-state index >= 15 is 0 Å². The van der Waals surface area contributed by atoms with Gasteiger partial charge in [0.1, 0.15) is 0 Å². The number of benzene rings is 1. The van der Waals surface area contributed by atoms with Gasteiger partial charge in [0.2, 0.25) is 0 Å². The van der Waals surface area contributed by atoms with Crippen LogP contribution in [-0.4, -0.2) is 43.7 Å². The van der Waals surface area contributed by atoms with Crippen molar-refractivity contribution in [3.8, 4) is 6.07 Å². The first-order valence-electron chi connectivity index (χ1n) is 12.2. The smallest absolute Gasteiger partial charge is 0.338 e. The van der Waals surface area contributed by atoms with E-state index in [0.29, 0.717) is 24.7 Å². The minimum Gasteiger partial charge on any atom is -0.464 e. The van der Waals surface area contributed by atoms with E-state index in [4.69, 9.17) is 24.2 Å².